The van der Waals surface area contributed by atoms with Crippen LogP contribution in [0.2, 0.25) is 0 Å². The number of fused-ring (bicyclic) bond motifs is 2. The monoisotopic (exact) mass is 480 g/mol. The number of carbonyl (C=O) groups is 1. The molecule has 30 heavy (non-hydrogen) atoms. The van der Waals surface area contributed by atoms with Crippen LogP contribution in [0.3, 0.4) is 0 Å². The molecule has 0 radical (unpaired) electrons. The minimum absolute atomic E-state index is 0.0924. The van der Waals surface area contributed by atoms with Gasteiger partial charge in [0.15, 0.2) is 10.6 Å². The quantitative estimate of drug-likeness (QED) is 0.369. The molecule has 1 atom stereocenters. The molecule has 3 heterocycles. The van der Waals surface area contributed by atoms with Gasteiger partial charge in [0.1, 0.15) is 5.58 Å². The molecule has 0 unspecified atom stereocenters. The van der Waals surface area contributed by atoms with Crippen molar-refractivity contribution in [2.45, 2.75) is 26.8 Å². The molecule has 2 aromatic carbocycles. The summed E-state index contributed by atoms with van der Waals surface area (Å²) >= 11 is 4.90. The van der Waals surface area contributed by atoms with Gasteiger partial charge in [-0.05, 0) is 50.6 Å². The fourth-order valence-corrected chi connectivity index (χ4v) is 5.00. The van der Waals surface area contributed by atoms with Crippen molar-refractivity contribution in [2.75, 3.05) is 4.90 Å². The number of aromatic nitrogens is 1. The normalized spacial score (nSPS) is 15.8. The van der Waals surface area contributed by atoms with Gasteiger partial charge in [-0.1, -0.05) is 39.7 Å². The molecule has 5 nitrogen and oxygen atoms in total. The molecule has 1 amide bonds. The van der Waals surface area contributed by atoms with Gasteiger partial charge in [0, 0.05) is 9.35 Å². The molecule has 2 aromatic heterocycles. The zero-order valence-corrected chi connectivity index (χ0v) is 18.9. The average Bonchev–Trinajstić information content (AvgIpc) is 3.20. The van der Waals surface area contributed by atoms with E-state index in [4.69, 9.17) is 4.42 Å². The summed E-state index contributed by atoms with van der Waals surface area (Å²) in [4.78, 5) is 34.3. The first-order valence-corrected chi connectivity index (χ1v) is 11.1. The number of nitrogens with zero attached hydrogens (tertiary/aromatic N) is 2. The van der Waals surface area contributed by atoms with Crippen LogP contribution in [0.25, 0.3) is 11.0 Å². The van der Waals surface area contributed by atoms with Crippen molar-refractivity contribution in [3.8, 4) is 0 Å². The second-order valence-electron chi connectivity index (χ2n) is 7.44. The summed E-state index contributed by atoms with van der Waals surface area (Å²) in [5, 5.41) is 1.05. The van der Waals surface area contributed by atoms with Crippen LogP contribution >= 0.6 is 27.3 Å². The van der Waals surface area contributed by atoms with Gasteiger partial charge in [-0.25, -0.2) is 4.98 Å². The van der Waals surface area contributed by atoms with Crippen LogP contribution in [0.5, 0.6) is 0 Å². The van der Waals surface area contributed by atoms with E-state index in [1.54, 1.807) is 11.0 Å². The van der Waals surface area contributed by atoms with Crippen molar-refractivity contribution < 1.29 is 9.21 Å². The van der Waals surface area contributed by atoms with Gasteiger partial charge >= 0.3 is 0 Å². The van der Waals surface area contributed by atoms with E-state index in [9.17, 15) is 9.59 Å². The van der Waals surface area contributed by atoms with Crippen molar-refractivity contribution in [3.63, 3.8) is 0 Å². The number of thiazole rings is 1. The van der Waals surface area contributed by atoms with Crippen LogP contribution in [0.15, 0.2) is 56.1 Å². The molecule has 4 aromatic rings. The van der Waals surface area contributed by atoms with Crippen LogP contribution < -0.4 is 10.3 Å². The molecular weight excluding hydrogens is 464 g/mol. The first-order chi connectivity index (χ1) is 14.3. The molecule has 1 aliphatic rings. The fraction of sp³-hybridized carbons (Fsp3) is 0.174. The third-order valence-electron chi connectivity index (χ3n) is 5.43. The summed E-state index contributed by atoms with van der Waals surface area (Å²) in [5.74, 6) is -0.249. The third-order valence-corrected chi connectivity index (χ3v) is 7.04. The molecule has 0 N–H and O–H groups in total. The van der Waals surface area contributed by atoms with Gasteiger partial charge in [0.05, 0.1) is 22.7 Å². The lowest BCUT2D eigenvalue weighted by Crippen LogP contribution is -2.29. The first kappa shape index (κ1) is 19.2. The van der Waals surface area contributed by atoms with Crippen LogP contribution in [0.4, 0.5) is 5.13 Å². The molecule has 0 saturated carbocycles. The van der Waals surface area contributed by atoms with E-state index in [-0.39, 0.29) is 17.1 Å². The molecular formula is C23H17BrN2O3S. The van der Waals surface area contributed by atoms with Crippen molar-refractivity contribution >= 4 is 49.3 Å². The van der Waals surface area contributed by atoms with E-state index in [0.717, 1.165) is 26.2 Å². The number of halogens is 1. The Hall–Kier alpha value is -2.77. The summed E-state index contributed by atoms with van der Waals surface area (Å²) in [6.07, 6.45) is 0. The lowest BCUT2D eigenvalue weighted by atomic mass is 9.98. The molecule has 5 rings (SSSR count). The summed E-state index contributed by atoms with van der Waals surface area (Å²) in [7, 11) is 0. The van der Waals surface area contributed by atoms with E-state index >= 15 is 0 Å². The van der Waals surface area contributed by atoms with Crippen LogP contribution in [0.1, 0.15) is 43.9 Å². The Bertz CT molecular complexity index is 1370. The topological polar surface area (TPSA) is 63.4 Å². The van der Waals surface area contributed by atoms with Crippen LogP contribution in [-0.2, 0) is 0 Å². The maximum absolute atomic E-state index is 13.6. The molecule has 0 spiro atoms. The SMILES string of the molecule is Cc1ccc2oc3c(c(=O)c2c1)[C@H](c1ccc(Br)cc1)N(c1nc(C)c(C)s1)C3=O. The summed E-state index contributed by atoms with van der Waals surface area (Å²) in [5.41, 5.74) is 3.26. The highest BCUT2D eigenvalue weighted by atomic mass is 79.9. The van der Waals surface area contributed by atoms with Crippen molar-refractivity contribution in [1.82, 2.24) is 4.98 Å². The molecule has 0 aliphatic carbocycles. The third kappa shape index (κ3) is 2.84. The van der Waals surface area contributed by atoms with Gasteiger partial charge in [-0.2, -0.15) is 0 Å². The molecule has 0 bridgehead atoms. The number of anilines is 1. The number of benzene rings is 2. The predicted molar refractivity (Wildman–Crippen MR) is 122 cm³/mol. The number of rotatable bonds is 2. The van der Waals surface area contributed by atoms with Gasteiger partial charge in [-0.15, -0.1) is 11.3 Å². The highest BCUT2D eigenvalue weighted by molar-refractivity contribution is 9.10. The largest absolute Gasteiger partial charge is 0.450 e. The Balaban J connectivity index is 1.82. The Morgan fingerprint density at radius 2 is 1.80 bits per heavy atom. The van der Waals surface area contributed by atoms with Crippen molar-refractivity contribution in [1.29, 1.82) is 0 Å². The highest BCUT2D eigenvalue weighted by Gasteiger charge is 2.45. The van der Waals surface area contributed by atoms with Gasteiger partial charge in [0.25, 0.3) is 5.91 Å². The first-order valence-electron chi connectivity index (χ1n) is 9.45. The minimum atomic E-state index is -0.591. The van der Waals surface area contributed by atoms with Gasteiger partial charge in [0.2, 0.25) is 5.76 Å². The number of carbonyl (C=O) groups excluding carboxylic acids is 1. The summed E-state index contributed by atoms with van der Waals surface area (Å²) < 4.78 is 6.91. The molecule has 1 aliphatic heterocycles. The van der Waals surface area contributed by atoms with E-state index in [0.29, 0.717) is 21.7 Å². The molecule has 7 heteroatoms. The predicted octanol–water partition coefficient (Wildman–Crippen LogP) is 5.69. The highest BCUT2D eigenvalue weighted by Crippen LogP contribution is 2.43. The summed E-state index contributed by atoms with van der Waals surface area (Å²) in [6, 6.07) is 12.5. The van der Waals surface area contributed by atoms with Gasteiger partial charge in [-0.3, -0.25) is 14.5 Å². The van der Waals surface area contributed by atoms with E-state index < -0.39 is 6.04 Å². The molecule has 0 saturated heterocycles. The van der Waals surface area contributed by atoms with Crippen LogP contribution in [-0.4, -0.2) is 10.9 Å². The Morgan fingerprint density at radius 3 is 2.47 bits per heavy atom. The zero-order chi connectivity index (χ0) is 21.2. The van der Waals surface area contributed by atoms with E-state index in [2.05, 4.69) is 20.9 Å². The minimum Gasteiger partial charge on any atom is -0.450 e. The number of aryl methyl sites for hydroxylation is 3. The summed E-state index contributed by atoms with van der Waals surface area (Å²) in [6.45, 7) is 5.81. The Kier molecular flexibility index (Phi) is 4.41. The van der Waals surface area contributed by atoms with Crippen molar-refractivity contribution in [3.05, 3.63) is 90.2 Å². The maximum atomic E-state index is 13.6. The lowest BCUT2D eigenvalue weighted by molar-refractivity contribution is 0.0971. The van der Waals surface area contributed by atoms with E-state index in [1.807, 2.05) is 57.2 Å². The Morgan fingerprint density at radius 1 is 1.07 bits per heavy atom. The second kappa shape index (κ2) is 6.89. The number of hydrogen-bond acceptors (Lipinski definition) is 5. The molecule has 150 valence electrons. The van der Waals surface area contributed by atoms with Crippen molar-refractivity contribution in [2.24, 2.45) is 0 Å². The zero-order valence-electron chi connectivity index (χ0n) is 16.5. The smallest absolute Gasteiger partial charge is 0.297 e. The lowest BCUT2D eigenvalue weighted by Gasteiger charge is -2.22. The second-order valence-corrected chi connectivity index (χ2v) is 9.54. The Labute approximate surface area is 185 Å². The number of hydrogen-bond donors (Lipinski definition) is 0. The van der Waals surface area contributed by atoms with Crippen LogP contribution in [0, 0.1) is 20.8 Å². The maximum Gasteiger partial charge on any atom is 0.297 e. The average molecular weight is 481 g/mol. The fourth-order valence-electron chi connectivity index (χ4n) is 3.80. The molecule has 0 fully saturated rings. The standard InChI is InChI=1S/C23H17BrN2O3S/c1-11-4-9-17-16(10-11)20(27)18-19(14-5-7-15(24)8-6-14)26(22(28)21(18)29-17)23-25-12(2)13(3)30-23/h4-10,19H,1-3H3/t19-/m0/s1. The number of amides is 1. The van der Waals surface area contributed by atoms with E-state index in [1.165, 1.54) is 11.3 Å². The van der Waals surface area contributed by atoms with Gasteiger partial charge < -0.3 is 4.42 Å².